The first-order valence-corrected chi connectivity index (χ1v) is 7.01. The normalized spacial score (nSPS) is 9.33. The SMILES string of the molecule is N#CCc1cccc([N+](=O)[O-])c1.NCCc1cccc([N+](=O)[O-])c1. The molecule has 8 heteroatoms. The zero-order valence-electron chi connectivity index (χ0n) is 12.8. The van der Waals surface area contributed by atoms with Crippen molar-refractivity contribution < 1.29 is 9.85 Å². The molecule has 0 radical (unpaired) electrons. The number of benzene rings is 2. The van der Waals surface area contributed by atoms with Gasteiger partial charge in [-0.15, -0.1) is 0 Å². The molecule has 2 N–H and O–H groups in total. The Hall–Kier alpha value is -3.31. The fraction of sp³-hybridized carbons (Fsp3) is 0.188. The molecule has 0 fully saturated rings. The Bertz CT molecular complexity index is 756. The van der Waals surface area contributed by atoms with Gasteiger partial charge in [-0.1, -0.05) is 24.3 Å². The van der Waals surface area contributed by atoms with Crippen LogP contribution in [0.1, 0.15) is 11.1 Å². The minimum absolute atomic E-state index is 0.0303. The van der Waals surface area contributed by atoms with Crippen LogP contribution in [-0.2, 0) is 12.8 Å². The minimum atomic E-state index is -0.471. The van der Waals surface area contributed by atoms with E-state index in [4.69, 9.17) is 11.0 Å². The van der Waals surface area contributed by atoms with Gasteiger partial charge >= 0.3 is 0 Å². The number of rotatable bonds is 5. The predicted molar refractivity (Wildman–Crippen MR) is 88.3 cm³/mol. The van der Waals surface area contributed by atoms with E-state index >= 15 is 0 Å². The zero-order valence-corrected chi connectivity index (χ0v) is 12.8. The number of nitriles is 1. The Kier molecular flexibility index (Phi) is 7.54. The van der Waals surface area contributed by atoms with E-state index in [1.165, 1.54) is 18.2 Å². The van der Waals surface area contributed by atoms with Crippen molar-refractivity contribution in [2.75, 3.05) is 6.54 Å². The summed E-state index contributed by atoms with van der Waals surface area (Å²) < 4.78 is 0. The van der Waals surface area contributed by atoms with Crippen LogP contribution in [0.4, 0.5) is 11.4 Å². The van der Waals surface area contributed by atoms with E-state index in [2.05, 4.69) is 0 Å². The molecule has 8 nitrogen and oxygen atoms in total. The van der Waals surface area contributed by atoms with Gasteiger partial charge in [0.1, 0.15) is 0 Å². The molecule has 0 amide bonds. The number of nitro groups is 2. The van der Waals surface area contributed by atoms with Crippen molar-refractivity contribution in [1.29, 1.82) is 5.26 Å². The molecule has 0 aliphatic heterocycles. The van der Waals surface area contributed by atoms with Gasteiger partial charge in [0.25, 0.3) is 11.4 Å². The van der Waals surface area contributed by atoms with E-state index in [9.17, 15) is 20.2 Å². The molecule has 0 bridgehead atoms. The topological polar surface area (TPSA) is 136 Å². The molecule has 0 atom stereocenters. The number of non-ortho nitro benzene ring substituents is 2. The highest BCUT2D eigenvalue weighted by molar-refractivity contribution is 5.35. The summed E-state index contributed by atoms with van der Waals surface area (Å²) in [4.78, 5) is 19.7. The van der Waals surface area contributed by atoms with Crippen molar-refractivity contribution in [3.05, 3.63) is 79.9 Å². The van der Waals surface area contributed by atoms with Crippen LogP contribution >= 0.6 is 0 Å². The molecule has 0 spiro atoms. The lowest BCUT2D eigenvalue weighted by Gasteiger charge is -1.96. The maximum Gasteiger partial charge on any atom is 0.269 e. The van der Waals surface area contributed by atoms with Crippen LogP contribution in [0.5, 0.6) is 0 Å². The molecule has 0 aliphatic carbocycles. The molecule has 2 aromatic rings. The summed E-state index contributed by atoms with van der Waals surface area (Å²) in [6.07, 6.45) is 0.892. The van der Waals surface area contributed by atoms with Gasteiger partial charge in [0.2, 0.25) is 0 Å². The van der Waals surface area contributed by atoms with Crippen molar-refractivity contribution in [1.82, 2.24) is 0 Å². The second-order valence-corrected chi connectivity index (χ2v) is 4.73. The van der Waals surface area contributed by atoms with Crippen molar-refractivity contribution in [2.45, 2.75) is 12.8 Å². The largest absolute Gasteiger partial charge is 0.330 e. The van der Waals surface area contributed by atoms with Crippen LogP contribution in [0.2, 0.25) is 0 Å². The van der Waals surface area contributed by atoms with E-state index in [1.807, 2.05) is 12.1 Å². The summed E-state index contributed by atoms with van der Waals surface area (Å²) in [5.41, 5.74) is 7.05. The Balaban J connectivity index is 0.000000240. The molecular weight excluding hydrogens is 312 g/mol. The first kappa shape index (κ1) is 18.7. The van der Waals surface area contributed by atoms with Crippen LogP contribution in [0.15, 0.2) is 48.5 Å². The Morgan fingerprint density at radius 1 is 0.958 bits per heavy atom. The average molecular weight is 328 g/mol. The first-order chi connectivity index (χ1) is 11.5. The van der Waals surface area contributed by atoms with Gasteiger partial charge in [0, 0.05) is 24.3 Å². The number of nitrogens with zero attached hydrogens (tertiary/aromatic N) is 3. The summed E-state index contributed by atoms with van der Waals surface area (Å²) in [6.45, 7) is 0.515. The molecule has 124 valence electrons. The highest BCUT2D eigenvalue weighted by Crippen LogP contribution is 2.13. The lowest BCUT2D eigenvalue weighted by atomic mass is 10.1. The minimum Gasteiger partial charge on any atom is -0.330 e. The predicted octanol–water partition coefficient (Wildman–Crippen LogP) is 2.76. The second-order valence-electron chi connectivity index (χ2n) is 4.73. The Morgan fingerprint density at radius 3 is 1.92 bits per heavy atom. The highest BCUT2D eigenvalue weighted by atomic mass is 16.6. The van der Waals surface area contributed by atoms with Gasteiger partial charge in [-0.25, -0.2) is 0 Å². The summed E-state index contributed by atoms with van der Waals surface area (Å²) in [5.74, 6) is 0. The monoisotopic (exact) mass is 328 g/mol. The number of hydrogen-bond donors (Lipinski definition) is 1. The maximum absolute atomic E-state index is 10.3. The molecule has 0 saturated heterocycles. The highest BCUT2D eigenvalue weighted by Gasteiger charge is 2.05. The summed E-state index contributed by atoms with van der Waals surface area (Å²) in [6, 6.07) is 14.5. The summed E-state index contributed by atoms with van der Waals surface area (Å²) in [5, 5.41) is 28.9. The molecule has 0 saturated carbocycles. The first-order valence-electron chi connectivity index (χ1n) is 7.01. The van der Waals surface area contributed by atoms with Gasteiger partial charge < -0.3 is 5.73 Å². The van der Waals surface area contributed by atoms with E-state index < -0.39 is 9.85 Å². The smallest absolute Gasteiger partial charge is 0.269 e. The fourth-order valence-corrected chi connectivity index (χ4v) is 1.86. The Morgan fingerprint density at radius 2 is 1.46 bits per heavy atom. The second kappa shape index (κ2) is 9.66. The third-order valence-corrected chi connectivity index (χ3v) is 2.96. The van der Waals surface area contributed by atoms with E-state index in [0.717, 1.165) is 5.56 Å². The molecule has 0 aliphatic rings. The van der Waals surface area contributed by atoms with Crippen LogP contribution in [0, 0.1) is 31.6 Å². The van der Waals surface area contributed by atoms with Gasteiger partial charge in [0.15, 0.2) is 0 Å². The summed E-state index contributed by atoms with van der Waals surface area (Å²) in [7, 11) is 0. The lowest BCUT2D eigenvalue weighted by molar-refractivity contribution is -0.385. The third-order valence-electron chi connectivity index (χ3n) is 2.96. The van der Waals surface area contributed by atoms with Crippen LogP contribution < -0.4 is 5.73 Å². The van der Waals surface area contributed by atoms with Crippen LogP contribution in [0.3, 0.4) is 0 Å². The number of nitro benzene ring substituents is 2. The van der Waals surface area contributed by atoms with Gasteiger partial charge in [-0.2, -0.15) is 5.26 Å². The van der Waals surface area contributed by atoms with Gasteiger partial charge in [-0.3, -0.25) is 20.2 Å². The Labute approximate surface area is 138 Å². The molecular formula is C16H16N4O4. The number of nitrogens with two attached hydrogens (primary N) is 1. The molecule has 2 aromatic carbocycles. The van der Waals surface area contributed by atoms with Crippen LogP contribution in [-0.4, -0.2) is 16.4 Å². The summed E-state index contributed by atoms with van der Waals surface area (Å²) >= 11 is 0. The molecule has 0 unspecified atom stereocenters. The van der Waals surface area contributed by atoms with Crippen molar-refractivity contribution >= 4 is 11.4 Å². The standard InChI is InChI=1S/C8H10N2O2.C8H6N2O2/c2*9-5-4-7-2-1-3-8(6-7)10(11)12/h1-3,6H,4-5,9H2;1-3,6H,4H2. The van der Waals surface area contributed by atoms with E-state index in [0.29, 0.717) is 18.5 Å². The quantitative estimate of drug-likeness (QED) is 0.662. The molecule has 2 rings (SSSR count). The molecule has 24 heavy (non-hydrogen) atoms. The van der Waals surface area contributed by atoms with Crippen molar-refractivity contribution in [3.8, 4) is 6.07 Å². The lowest BCUT2D eigenvalue weighted by Crippen LogP contribution is -2.02. The fourth-order valence-electron chi connectivity index (χ4n) is 1.86. The zero-order chi connectivity index (χ0) is 17.9. The maximum atomic E-state index is 10.3. The molecule has 0 heterocycles. The van der Waals surface area contributed by atoms with E-state index in [-0.39, 0.29) is 17.8 Å². The van der Waals surface area contributed by atoms with Crippen molar-refractivity contribution in [2.24, 2.45) is 5.73 Å². The third kappa shape index (κ3) is 6.21. The number of hydrogen-bond acceptors (Lipinski definition) is 6. The average Bonchev–Trinajstić information content (AvgIpc) is 2.56. The van der Waals surface area contributed by atoms with Gasteiger partial charge in [-0.05, 0) is 24.1 Å². The van der Waals surface area contributed by atoms with E-state index in [1.54, 1.807) is 24.3 Å². The molecule has 0 aromatic heterocycles. The van der Waals surface area contributed by atoms with Crippen molar-refractivity contribution in [3.63, 3.8) is 0 Å². The van der Waals surface area contributed by atoms with Gasteiger partial charge in [0.05, 0.1) is 22.3 Å². The van der Waals surface area contributed by atoms with Crippen LogP contribution in [0.25, 0.3) is 0 Å².